The van der Waals surface area contributed by atoms with Crippen LogP contribution in [-0.2, 0) is 0 Å². The van der Waals surface area contributed by atoms with Gasteiger partial charge in [-0.25, -0.2) is 0 Å². The van der Waals surface area contributed by atoms with Crippen molar-refractivity contribution in [1.29, 1.82) is 0 Å². The maximum atomic E-state index is 4.24. The van der Waals surface area contributed by atoms with Crippen LogP contribution in [0, 0.1) is 0 Å². The molecule has 0 aliphatic heterocycles. The molecule has 0 N–H and O–H groups in total. The molecule has 0 aromatic rings. The minimum Gasteiger partial charge on any atom is -0.148 e. The molecule has 1 heteroatoms. The van der Waals surface area contributed by atoms with E-state index in [-0.39, 0.29) is 0 Å². The quantitative estimate of drug-likeness (QED) is 0.356. The summed E-state index contributed by atoms with van der Waals surface area (Å²) in [5.74, 6) is 0. The maximum Gasteiger partial charge on any atom is -0.0213 e. The van der Waals surface area contributed by atoms with E-state index in [4.69, 9.17) is 0 Å². The summed E-state index contributed by atoms with van der Waals surface area (Å²) in [5.41, 5.74) is 1.34. The van der Waals surface area contributed by atoms with E-state index in [1.807, 2.05) is 6.92 Å². The average Bonchev–Trinajstić information content (AvgIpc) is 2.02. The highest BCUT2D eigenvalue weighted by Gasteiger charge is 1.87. The SMILES string of the molecule is CCCCCC/C=C(C)/C=C(/C)S. The molecule has 0 amide bonds. The first-order valence-corrected chi connectivity index (χ1v) is 5.65. The van der Waals surface area contributed by atoms with Crippen LogP contribution in [0.2, 0.25) is 0 Å². The lowest BCUT2D eigenvalue weighted by Gasteiger charge is -1.96. The van der Waals surface area contributed by atoms with Crippen LogP contribution in [-0.4, -0.2) is 0 Å². The second-order valence-electron chi connectivity index (χ2n) is 3.58. The first kappa shape index (κ1) is 12.8. The monoisotopic (exact) mass is 198 g/mol. The van der Waals surface area contributed by atoms with Gasteiger partial charge in [-0.05, 0) is 31.6 Å². The number of rotatable bonds is 6. The highest BCUT2D eigenvalue weighted by atomic mass is 32.1. The summed E-state index contributed by atoms with van der Waals surface area (Å²) >= 11 is 4.24. The molecule has 0 rings (SSSR count). The van der Waals surface area contributed by atoms with Crippen molar-refractivity contribution in [2.45, 2.75) is 52.9 Å². The van der Waals surface area contributed by atoms with Crippen LogP contribution in [0.3, 0.4) is 0 Å². The highest BCUT2D eigenvalue weighted by Crippen LogP contribution is 2.08. The van der Waals surface area contributed by atoms with Crippen molar-refractivity contribution in [3.63, 3.8) is 0 Å². The van der Waals surface area contributed by atoms with Crippen LogP contribution in [0.1, 0.15) is 52.9 Å². The molecule has 0 fully saturated rings. The van der Waals surface area contributed by atoms with Crippen LogP contribution in [0.25, 0.3) is 0 Å². The normalized spacial score (nSPS) is 13.5. The Morgan fingerprint density at radius 2 is 1.85 bits per heavy atom. The number of thiol groups is 1. The third-order valence-corrected chi connectivity index (χ3v) is 2.09. The van der Waals surface area contributed by atoms with Gasteiger partial charge in [-0.1, -0.05) is 43.9 Å². The second kappa shape index (κ2) is 8.43. The van der Waals surface area contributed by atoms with Crippen molar-refractivity contribution in [1.82, 2.24) is 0 Å². The summed E-state index contributed by atoms with van der Waals surface area (Å²) in [5, 5.41) is 0. The van der Waals surface area contributed by atoms with Gasteiger partial charge in [-0.2, -0.15) is 0 Å². The van der Waals surface area contributed by atoms with Gasteiger partial charge in [-0.15, -0.1) is 12.6 Å². The van der Waals surface area contributed by atoms with E-state index in [1.54, 1.807) is 0 Å². The summed E-state index contributed by atoms with van der Waals surface area (Å²) in [4.78, 5) is 1.09. The van der Waals surface area contributed by atoms with Gasteiger partial charge in [0.25, 0.3) is 0 Å². The molecule has 0 bridgehead atoms. The Balaban J connectivity index is 3.54. The van der Waals surface area contributed by atoms with Gasteiger partial charge in [0.05, 0.1) is 0 Å². The van der Waals surface area contributed by atoms with Crippen molar-refractivity contribution in [2.75, 3.05) is 0 Å². The molecule has 76 valence electrons. The Hall–Kier alpha value is -0.170. The highest BCUT2D eigenvalue weighted by molar-refractivity contribution is 7.84. The zero-order valence-electron chi connectivity index (χ0n) is 9.14. The molecule has 0 unspecified atom stereocenters. The Morgan fingerprint density at radius 3 is 2.38 bits per heavy atom. The van der Waals surface area contributed by atoms with Crippen LogP contribution in [0.15, 0.2) is 22.6 Å². The predicted octanol–water partition coefficient (Wildman–Crippen LogP) is 4.74. The fraction of sp³-hybridized carbons (Fsp3) is 0.667. The molecule has 0 aliphatic rings. The van der Waals surface area contributed by atoms with Gasteiger partial charge in [-0.3, -0.25) is 0 Å². The molecule has 0 saturated carbocycles. The molecule has 13 heavy (non-hydrogen) atoms. The number of unbranched alkanes of at least 4 members (excludes halogenated alkanes) is 4. The molecule has 0 atom stereocenters. The van der Waals surface area contributed by atoms with Gasteiger partial charge in [0.2, 0.25) is 0 Å². The van der Waals surface area contributed by atoms with Gasteiger partial charge in [0, 0.05) is 0 Å². The van der Waals surface area contributed by atoms with Crippen LogP contribution in [0.5, 0.6) is 0 Å². The first-order chi connectivity index (χ1) is 6.16. The van der Waals surface area contributed by atoms with Crippen molar-refractivity contribution in [2.24, 2.45) is 0 Å². The molecule has 0 aliphatic carbocycles. The molecule has 0 saturated heterocycles. The smallest absolute Gasteiger partial charge is 0.0213 e. The van der Waals surface area contributed by atoms with Gasteiger partial charge in [0.15, 0.2) is 0 Å². The van der Waals surface area contributed by atoms with E-state index >= 15 is 0 Å². The minimum absolute atomic E-state index is 1.09. The largest absolute Gasteiger partial charge is 0.148 e. The van der Waals surface area contributed by atoms with Crippen molar-refractivity contribution in [3.05, 3.63) is 22.6 Å². The Labute approximate surface area is 88.5 Å². The minimum atomic E-state index is 1.09. The summed E-state index contributed by atoms with van der Waals surface area (Å²) in [7, 11) is 0. The fourth-order valence-corrected chi connectivity index (χ4v) is 1.49. The summed E-state index contributed by atoms with van der Waals surface area (Å²) in [6.07, 6.45) is 11.0. The van der Waals surface area contributed by atoms with E-state index < -0.39 is 0 Å². The van der Waals surface area contributed by atoms with Gasteiger partial charge < -0.3 is 0 Å². The maximum absolute atomic E-state index is 4.24. The lowest BCUT2D eigenvalue weighted by atomic mass is 10.1. The van der Waals surface area contributed by atoms with E-state index in [1.165, 1.54) is 37.7 Å². The number of hydrogen-bond acceptors (Lipinski definition) is 1. The molecular formula is C12H22S. The number of hydrogen-bond donors (Lipinski definition) is 1. The van der Waals surface area contributed by atoms with E-state index in [9.17, 15) is 0 Å². The van der Waals surface area contributed by atoms with Crippen molar-refractivity contribution < 1.29 is 0 Å². The first-order valence-electron chi connectivity index (χ1n) is 5.20. The molecule has 0 aromatic heterocycles. The summed E-state index contributed by atoms with van der Waals surface area (Å²) in [6, 6.07) is 0. The Bertz CT molecular complexity index is 174. The van der Waals surface area contributed by atoms with E-state index in [0.717, 1.165) is 4.91 Å². The molecule has 0 radical (unpaired) electrons. The molecule has 0 aromatic carbocycles. The molecule has 0 heterocycles. The van der Waals surface area contributed by atoms with E-state index in [0.29, 0.717) is 0 Å². The van der Waals surface area contributed by atoms with Crippen LogP contribution >= 0.6 is 12.6 Å². The fourth-order valence-electron chi connectivity index (χ4n) is 1.29. The molecule has 0 nitrogen and oxygen atoms in total. The zero-order valence-corrected chi connectivity index (χ0v) is 10.0. The lowest BCUT2D eigenvalue weighted by Crippen LogP contribution is -1.76. The van der Waals surface area contributed by atoms with Crippen molar-refractivity contribution >= 4 is 12.6 Å². The van der Waals surface area contributed by atoms with Gasteiger partial charge >= 0.3 is 0 Å². The standard InChI is InChI=1S/C12H22S/c1-4-5-6-7-8-9-11(2)10-12(3)13/h9-10,13H,4-8H2,1-3H3/b11-9+,12-10-. The third kappa shape index (κ3) is 9.75. The summed E-state index contributed by atoms with van der Waals surface area (Å²) < 4.78 is 0. The van der Waals surface area contributed by atoms with E-state index in [2.05, 4.69) is 38.6 Å². The summed E-state index contributed by atoms with van der Waals surface area (Å²) in [6.45, 7) is 6.39. The zero-order chi connectivity index (χ0) is 10.1. The number of allylic oxidation sites excluding steroid dienone is 4. The Kier molecular flexibility index (Phi) is 8.32. The predicted molar refractivity (Wildman–Crippen MR) is 65.3 cm³/mol. The lowest BCUT2D eigenvalue weighted by molar-refractivity contribution is 0.673. The van der Waals surface area contributed by atoms with Crippen molar-refractivity contribution in [3.8, 4) is 0 Å². The Morgan fingerprint density at radius 1 is 1.15 bits per heavy atom. The molecule has 0 spiro atoms. The second-order valence-corrected chi connectivity index (χ2v) is 4.29. The topological polar surface area (TPSA) is 0 Å². The van der Waals surface area contributed by atoms with Crippen LogP contribution in [0.4, 0.5) is 0 Å². The van der Waals surface area contributed by atoms with Gasteiger partial charge in [0.1, 0.15) is 0 Å². The third-order valence-electron chi connectivity index (χ3n) is 1.96. The van der Waals surface area contributed by atoms with Crippen LogP contribution < -0.4 is 0 Å². The average molecular weight is 198 g/mol. The molecular weight excluding hydrogens is 176 g/mol.